The number of aliphatic hydroxyl groups excluding tert-OH is 5. The third-order valence-electron chi connectivity index (χ3n) is 19.1. The summed E-state index contributed by atoms with van der Waals surface area (Å²) in [5, 5.41) is 54.4. The predicted molar refractivity (Wildman–Crippen MR) is 380 cm³/mol. The molecule has 0 bridgehead atoms. The molecule has 7 unspecified atom stereocenters. The molecule has 0 spiro atoms. The number of carbonyl (C=O) groups is 2. The number of allylic oxidation sites excluding steroid dienone is 3. The van der Waals surface area contributed by atoms with E-state index >= 15 is 0 Å². The zero-order chi connectivity index (χ0) is 65.1. The molecule has 0 saturated carbocycles. The largest absolute Gasteiger partial charge is 0.466 e. The van der Waals surface area contributed by atoms with Crippen LogP contribution in [0.4, 0.5) is 0 Å². The van der Waals surface area contributed by atoms with Gasteiger partial charge in [0.05, 0.1) is 32.0 Å². The fourth-order valence-corrected chi connectivity index (χ4v) is 12.8. The molecule has 0 aromatic rings. The monoisotopic (exact) mass is 1270 g/mol. The van der Waals surface area contributed by atoms with Crippen LogP contribution in [0.5, 0.6) is 0 Å². The van der Waals surface area contributed by atoms with Crippen LogP contribution in [0, 0.1) is 0 Å². The minimum Gasteiger partial charge on any atom is -0.466 e. The summed E-state index contributed by atoms with van der Waals surface area (Å²) in [6.45, 7) is 4.38. The van der Waals surface area contributed by atoms with Gasteiger partial charge in [-0.25, -0.2) is 0 Å². The molecule has 1 heterocycles. The van der Waals surface area contributed by atoms with E-state index < -0.39 is 49.5 Å². The molecular weight excluding hydrogens is 1120 g/mol. The van der Waals surface area contributed by atoms with E-state index in [2.05, 4.69) is 31.3 Å². The fourth-order valence-electron chi connectivity index (χ4n) is 12.8. The van der Waals surface area contributed by atoms with E-state index in [0.29, 0.717) is 19.4 Å². The van der Waals surface area contributed by atoms with Gasteiger partial charge in [-0.05, 0) is 57.8 Å². The lowest BCUT2D eigenvalue weighted by molar-refractivity contribution is -0.302. The van der Waals surface area contributed by atoms with Crippen LogP contribution >= 0.6 is 0 Å². The van der Waals surface area contributed by atoms with E-state index in [1.165, 1.54) is 327 Å². The lowest BCUT2D eigenvalue weighted by Crippen LogP contribution is -2.60. The van der Waals surface area contributed by atoms with E-state index in [9.17, 15) is 35.1 Å². The summed E-state index contributed by atoms with van der Waals surface area (Å²) >= 11 is 0. The van der Waals surface area contributed by atoms with Crippen LogP contribution in [0.15, 0.2) is 24.3 Å². The highest BCUT2D eigenvalue weighted by molar-refractivity contribution is 5.76. The average Bonchev–Trinajstić information content (AvgIpc) is 1.78. The molecular formula is C79H151NO10. The first-order valence-corrected chi connectivity index (χ1v) is 39.6. The van der Waals surface area contributed by atoms with E-state index in [1.807, 2.05) is 6.08 Å². The maximum absolute atomic E-state index is 13.0. The number of esters is 1. The van der Waals surface area contributed by atoms with Crippen molar-refractivity contribution in [3.63, 3.8) is 0 Å². The summed E-state index contributed by atoms with van der Waals surface area (Å²) in [5.41, 5.74) is 0. The summed E-state index contributed by atoms with van der Waals surface area (Å²) in [5.74, 6) is -0.159. The Hall–Kier alpha value is -1.86. The first-order chi connectivity index (χ1) is 44.2. The number of ether oxygens (including phenoxy) is 3. The molecule has 1 amide bonds. The average molecular weight is 1280 g/mol. The van der Waals surface area contributed by atoms with Gasteiger partial charge in [-0.1, -0.05) is 359 Å². The standard InChI is InChI=1S/C79H151NO10/c1-3-5-7-9-11-13-15-16-17-37-41-44-47-51-55-59-63-67-75(84)88-68-64-60-56-52-48-45-42-39-36-34-32-30-28-26-24-22-20-18-19-21-23-25-27-29-31-33-35-38-40-43-46-50-54-58-62-66-74(83)80-71(70-89-79-78(87)77(86)76(85)73(69-81)90-79)72(82)65-61-57-53-49-14-12-10-8-6-4-2/h20,22,61,65,71-73,76-79,81-82,85-87H,3-19,21,23-60,62-64,66-70H2,1-2H3,(H,80,83)/b22-20-,65-61+. The lowest BCUT2D eigenvalue weighted by atomic mass is 9.99. The lowest BCUT2D eigenvalue weighted by Gasteiger charge is -2.40. The van der Waals surface area contributed by atoms with Gasteiger partial charge in [-0.2, -0.15) is 0 Å². The van der Waals surface area contributed by atoms with Crippen LogP contribution in [0.1, 0.15) is 406 Å². The van der Waals surface area contributed by atoms with Crippen molar-refractivity contribution in [2.24, 2.45) is 0 Å². The molecule has 90 heavy (non-hydrogen) atoms. The van der Waals surface area contributed by atoms with E-state index in [1.54, 1.807) is 6.08 Å². The van der Waals surface area contributed by atoms with E-state index in [4.69, 9.17) is 14.2 Å². The number of aliphatic hydroxyl groups is 5. The Morgan fingerprint density at radius 1 is 0.400 bits per heavy atom. The second kappa shape index (κ2) is 68.5. The molecule has 0 aliphatic carbocycles. The van der Waals surface area contributed by atoms with Crippen LogP contribution in [-0.2, 0) is 23.8 Å². The Kier molecular flexibility index (Phi) is 65.6. The van der Waals surface area contributed by atoms with Crippen LogP contribution in [0.2, 0.25) is 0 Å². The highest BCUT2D eigenvalue weighted by Crippen LogP contribution is 2.24. The molecule has 1 aliphatic heterocycles. The molecule has 6 N–H and O–H groups in total. The number of hydrogen-bond donors (Lipinski definition) is 6. The summed E-state index contributed by atoms with van der Waals surface area (Å²) in [4.78, 5) is 25.2. The third kappa shape index (κ3) is 56.5. The molecule has 1 aliphatic rings. The number of rotatable bonds is 71. The van der Waals surface area contributed by atoms with Gasteiger partial charge >= 0.3 is 5.97 Å². The van der Waals surface area contributed by atoms with Gasteiger partial charge in [0.2, 0.25) is 5.91 Å². The van der Waals surface area contributed by atoms with E-state index in [-0.39, 0.29) is 18.5 Å². The number of amides is 1. The Labute approximate surface area is 556 Å². The Bertz CT molecular complexity index is 1540. The van der Waals surface area contributed by atoms with Gasteiger partial charge in [-0.3, -0.25) is 9.59 Å². The molecule has 532 valence electrons. The zero-order valence-corrected chi connectivity index (χ0v) is 59.4. The molecule has 1 fully saturated rings. The second-order valence-corrected chi connectivity index (χ2v) is 27.8. The minimum absolute atomic E-state index is 0.0184. The fraction of sp³-hybridized carbons (Fsp3) is 0.924. The molecule has 0 radical (unpaired) electrons. The van der Waals surface area contributed by atoms with Gasteiger partial charge < -0.3 is 45.1 Å². The smallest absolute Gasteiger partial charge is 0.305 e. The molecule has 0 aromatic carbocycles. The number of hydrogen-bond acceptors (Lipinski definition) is 10. The summed E-state index contributed by atoms with van der Waals surface area (Å²) in [7, 11) is 0. The quantitative estimate of drug-likeness (QED) is 0.0195. The molecule has 0 aromatic heterocycles. The summed E-state index contributed by atoms with van der Waals surface area (Å²) in [6.07, 6.45) is 77.9. The SMILES string of the molecule is CCCCCCCCCC/C=C/C(O)C(COC1OC(CO)C(O)C(O)C1O)NC(=O)CCCCCCCCCCCCCCCCCCC/C=C\CCCCCCCCCCCCCCCCOC(=O)CCCCCCCCCCCCCCCCCCC. The summed E-state index contributed by atoms with van der Waals surface area (Å²) < 4.78 is 16.8. The van der Waals surface area contributed by atoms with Crippen molar-refractivity contribution >= 4 is 11.9 Å². The van der Waals surface area contributed by atoms with Crippen LogP contribution in [-0.4, -0.2) is 100 Å². The van der Waals surface area contributed by atoms with Crippen LogP contribution < -0.4 is 5.32 Å². The first-order valence-electron chi connectivity index (χ1n) is 39.6. The van der Waals surface area contributed by atoms with Crippen molar-refractivity contribution in [3.05, 3.63) is 24.3 Å². The van der Waals surface area contributed by atoms with Crippen LogP contribution in [0.25, 0.3) is 0 Å². The summed E-state index contributed by atoms with van der Waals surface area (Å²) in [6, 6.07) is -0.806. The predicted octanol–water partition coefficient (Wildman–Crippen LogP) is 21.1. The van der Waals surface area contributed by atoms with Crippen molar-refractivity contribution < 1.29 is 49.3 Å². The highest BCUT2D eigenvalue weighted by Gasteiger charge is 2.44. The molecule has 1 rings (SSSR count). The normalized spacial score (nSPS) is 17.7. The van der Waals surface area contributed by atoms with Crippen LogP contribution in [0.3, 0.4) is 0 Å². The first kappa shape index (κ1) is 86.2. The van der Waals surface area contributed by atoms with Crippen molar-refractivity contribution in [1.82, 2.24) is 5.32 Å². The maximum atomic E-state index is 13.0. The van der Waals surface area contributed by atoms with E-state index in [0.717, 1.165) is 51.4 Å². The molecule has 11 heteroatoms. The Morgan fingerprint density at radius 2 is 0.711 bits per heavy atom. The molecule has 1 saturated heterocycles. The van der Waals surface area contributed by atoms with Gasteiger partial charge in [0.15, 0.2) is 6.29 Å². The number of carbonyl (C=O) groups excluding carboxylic acids is 2. The second-order valence-electron chi connectivity index (χ2n) is 27.8. The van der Waals surface area contributed by atoms with Gasteiger partial charge in [0.1, 0.15) is 24.4 Å². The number of unbranched alkanes of at least 4 members (excludes halogenated alkanes) is 55. The molecule has 11 nitrogen and oxygen atoms in total. The van der Waals surface area contributed by atoms with Crippen molar-refractivity contribution in [2.45, 2.75) is 448 Å². The van der Waals surface area contributed by atoms with Gasteiger partial charge in [0.25, 0.3) is 0 Å². The van der Waals surface area contributed by atoms with Gasteiger partial charge in [-0.15, -0.1) is 0 Å². The van der Waals surface area contributed by atoms with Gasteiger partial charge in [0, 0.05) is 12.8 Å². The molecule has 7 atom stereocenters. The maximum Gasteiger partial charge on any atom is 0.305 e. The van der Waals surface area contributed by atoms with Crippen molar-refractivity contribution in [1.29, 1.82) is 0 Å². The number of nitrogens with one attached hydrogen (secondary N) is 1. The minimum atomic E-state index is -1.57. The Balaban J connectivity index is 1.87. The van der Waals surface area contributed by atoms with Crippen molar-refractivity contribution in [2.75, 3.05) is 19.8 Å². The third-order valence-corrected chi connectivity index (χ3v) is 19.1. The zero-order valence-electron chi connectivity index (χ0n) is 59.4. The van der Waals surface area contributed by atoms with Crippen molar-refractivity contribution in [3.8, 4) is 0 Å². The highest BCUT2D eigenvalue weighted by atomic mass is 16.7. The Morgan fingerprint density at radius 3 is 1.07 bits per heavy atom. The topological polar surface area (TPSA) is 175 Å².